The van der Waals surface area contributed by atoms with Crippen LogP contribution in [0.4, 0.5) is 5.69 Å². The van der Waals surface area contributed by atoms with E-state index in [1.54, 1.807) is 24.7 Å². The number of rotatable bonds is 9. The number of ether oxygens (including phenoxy) is 1. The summed E-state index contributed by atoms with van der Waals surface area (Å²) >= 11 is 6.28. The number of Topliss-reactive ketones (excluding diaryl/α,β-unsaturated/α-hetero) is 1. The van der Waals surface area contributed by atoms with Crippen LogP contribution in [-0.4, -0.2) is 44.8 Å². The number of benzene rings is 2. The maximum absolute atomic E-state index is 13.2. The molecule has 0 radical (unpaired) electrons. The molecule has 0 spiro atoms. The van der Waals surface area contributed by atoms with Crippen molar-refractivity contribution < 1.29 is 28.9 Å². The summed E-state index contributed by atoms with van der Waals surface area (Å²) in [5.41, 5.74) is 0.477. The molecule has 0 bridgehead atoms. The number of imidazole rings is 1. The number of aliphatic hydroxyl groups excluding tert-OH is 1. The Balaban J connectivity index is 1.74. The number of carbonyl (C=O) groups excluding carboxylic acids is 2. The van der Waals surface area contributed by atoms with Crippen molar-refractivity contribution in [2.24, 2.45) is 0 Å². The average molecular weight is 512 g/mol. The number of nitro benzene ring substituents is 1. The van der Waals surface area contributed by atoms with Crippen molar-refractivity contribution in [1.29, 1.82) is 0 Å². The molecule has 4 rings (SSSR count). The van der Waals surface area contributed by atoms with E-state index in [1.165, 1.54) is 35.2 Å². The van der Waals surface area contributed by atoms with Crippen LogP contribution >= 0.6 is 11.6 Å². The molecule has 1 fully saturated rings. The molecule has 3 aromatic rings. The lowest BCUT2D eigenvalue weighted by Gasteiger charge is -2.25. The molecule has 2 N–H and O–H groups in total. The maximum Gasteiger partial charge on any atom is 0.295 e. The summed E-state index contributed by atoms with van der Waals surface area (Å²) in [7, 11) is 0. The number of hydrogen-bond donors (Lipinski definition) is 2. The predicted molar refractivity (Wildman–Crippen MR) is 130 cm³/mol. The highest BCUT2D eigenvalue weighted by Gasteiger charge is 2.46. The Kier molecular flexibility index (Phi) is 7.35. The first kappa shape index (κ1) is 24.9. The van der Waals surface area contributed by atoms with Crippen LogP contribution in [0.25, 0.3) is 5.76 Å². The van der Waals surface area contributed by atoms with Crippen LogP contribution in [0.15, 0.2) is 66.8 Å². The van der Waals surface area contributed by atoms with Crippen LogP contribution < -0.4 is 9.30 Å². The fourth-order valence-corrected chi connectivity index (χ4v) is 4.43. The number of carbonyl (C=O) groups is 2. The number of non-ortho nitro benzene ring substituents is 1. The Morgan fingerprint density at radius 3 is 2.61 bits per heavy atom. The van der Waals surface area contributed by atoms with Crippen molar-refractivity contribution in [2.75, 3.05) is 13.2 Å². The third-order valence-corrected chi connectivity index (χ3v) is 6.18. The van der Waals surface area contributed by atoms with E-state index in [9.17, 15) is 24.8 Å². The molecule has 186 valence electrons. The van der Waals surface area contributed by atoms with Crippen molar-refractivity contribution >= 4 is 34.7 Å². The van der Waals surface area contributed by atoms with E-state index in [1.807, 2.05) is 17.7 Å². The standard InChI is InChI=1S/C25H23ClN4O6/c1-2-36-20-9-6-17(14-19(20)26)23(31)21-22(16-4-7-18(8-5-16)30(34)35)29(25(33)24(21)32)12-3-11-28-13-10-27-15-28/h4-10,13-15,22H,2-3,11-12H2,1H3,(H,31,32)/p+1. The van der Waals surface area contributed by atoms with Gasteiger partial charge in [0.2, 0.25) is 6.33 Å². The number of hydrogen-bond acceptors (Lipinski definition) is 6. The van der Waals surface area contributed by atoms with E-state index in [0.717, 1.165) is 0 Å². The quantitative estimate of drug-likeness (QED) is 0.112. The fourth-order valence-electron chi connectivity index (χ4n) is 4.20. The van der Waals surface area contributed by atoms with Gasteiger partial charge in [-0.25, -0.2) is 4.57 Å². The number of H-pyrrole nitrogens is 1. The summed E-state index contributed by atoms with van der Waals surface area (Å²) in [6.45, 7) is 3.03. The number of aromatic amines is 1. The maximum atomic E-state index is 13.2. The Bertz CT molecular complexity index is 1320. The summed E-state index contributed by atoms with van der Waals surface area (Å²) in [5.74, 6) is -1.55. The molecule has 1 unspecified atom stereocenters. The Labute approximate surface area is 211 Å². The molecular formula is C25H24ClN4O6+. The molecule has 1 amide bonds. The fraction of sp³-hybridized carbons (Fsp3) is 0.240. The van der Waals surface area contributed by atoms with Crippen LogP contribution in [0.2, 0.25) is 5.02 Å². The van der Waals surface area contributed by atoms with Gasteiger partial charge in [0, 0.05) is 30.7 Å². The van der Waals surface area contributed by atoms with Gasteiger partial charge in [-0.05, 0) is 42.8 Å². The second-order valence-electron chi connectivity index (χ2n) is 8.12. The summed E-state index contributed by atoms with van der Waals surface area (Å²) in [6.07, 6.45) is 5.92. The van der Waals surface area contributed by atoms with Crippen molar-refractivity contribution in [3.8, 4) is 5.75 Å². The Morgan fingerprint density at radius 1 is 1.25 bits per heavy atom. The van der Waals surface area contributed by atoms with Crippen molar-refractivity contribution in [2.45, 2.75) is 25.9 Å². The zero-order valence-electron chi connectivity index (χ0n) is 19.4. The number of nitro groups is 1. The van der Waals surface area contributed by atoms with Crippen LogP contribution in [0, 0.1) is 10.1 Å². The largest absolute Gasteiger partial charge is 0.507 e. The van der Waals surface area contributed by atoms with E-state index < -0.39 is 22.7 Å². The molecule has 1 saturated heterocycles. The van der Waals surface area contributed by atoms with Crippen LogP contribution in [0.5, 0.6) is 5.75 Å². The summed E-state index contributed by atoms with van der Waals surface area (Å²) in [6, 6.07) is 9.25. The lowest BCUT2D eigenvalue weighted by molar-refractivity contribution is -0.695. The van der Waals surface area contributed by atoms with Crippen molar-refractivity contribution in [1.82, 2.24) is 9.88 Å². The van der Waals surface area contributed by atoms with Gasteiger partial charge < -0.3 is 14.7 Å². The zero-order valence-corrected chi connectivity index (χ0v) is 20.1. The van der Waals surface area contributed by atoms with E-state index >= 15 is 0 Å². The lowest BCUT2D eigenvalue weighted by atomic mass is 9.95. The number of nitrogens with zero attached hydrogens (tertiary/aromatic N) is 3. The topological polar surface area (TPSA) is 130 Å². The molecule has 1 aliphatic rings. The summed E-state index contributed by atoms with van der Waals surface area (Å²) in [4.78, 5) is 41.2. The molecule has 1 atom stereocenters. The van der Waals surface area contributed by atoms with Crippen molar-refractivity contribution in [3.05, 3.63) is 93.0 Å². The first-order chi connectivity index (χ1) is 17.3. The van der Waals surface area contributed by atoms with Gasteiger partial charge in [0.05, 0.1) is 34.7 Å². The number of aromatic nitrogens is 2. The SMILES string of the molecule is CCOc1ccc(C(O)=C2C(=O)C(=O)N(CCC[n+]3cc[nH]c3)C2c2ccc([N+](=O)[O-])cc2)cc1Cl. The number of likely N-dealkylation sites (tertiary alicyclic amines) is 1. The van der Waals surface area contributed by atoms with Crippen LogP contribution in [0.3, 0.4) is 0 Å². The molecule has 2 heterocycles. The minimum atomic E-state index is -0.924. The highest BCUT2D eigenvalue weighted by molar-refractivity contribution is 6.46. The first-order valence-electron chi connectivity index (χ1n) is 11.3. The number of ketones is 1. The molecule has 0 saturated carbocycles. The van der Waals surface area contributed by atoms with E-state index in [4.69, 9.17) is 16.3 Å². The summed E-state index contributed by atoms with van der Waals surface area (Å²) in [5, 5.41) is 22.6. The number of aliphatic hydroxyl groups is 1. The van der Waals surface area contributed by atoms with Crippen LogP contribution in [-0.2, 0) is 16.1 Å². The zero-order chi connectivity index (χ0) is 25.8. The average Bonchev–Trinajstić information content (AvgIpc) is 3.47. The molecule has 11 heteroatoms. The second-order valence-corrected chi connectivity index (χ2v) is 8.53. The Morgan fingerprint density at radius 2 is 2.00 bits per heavy atom. The molecular weight excluding hydrogens is 488 g/mol. The smallest absolute Gasteiger partial charge is 0.295 e. The third-order valence-electron chi connectivity index (χ3n) is 5.88. The minimum Gasteiger partial charge on any atom is -0.507 e. The predicted octanol–water partition coefficient (Wildman–Crippen LogP) is 3.77. The van der Waals surface area contributed by atoms with Crippen molar-refractivity contribution in [3.63, 3.8) is 0 Å². The lowest BCUT2D eigenvalue weighted by Crippen LogP contribution is -2.36. The minimum absolute atomic E-state index is 0.108. The molecule has 2 aromatic carbocycles. The van der Waals surface area contributed by atoms with Gasteiger partial charge in [-0.15, -0.1) is 0 Å². The van der Waals surface area contributed by atoms with Gasteiger partial charge in [-0.2, -0.15) is 0 Å². The Hall–Kier alpha value is -4.18. The normalized spacial score (nSPS) is 16.9. The molecule has 1 aliphatic heterocycles. The number of amides is 1. The molecule has 10 nitrogen and oxygen atoms in total. The van der Waals surface area contributed by atoms with Gasteiger partial charge in [-0.3, -0.25) is 24.7 Å². The van der Waals surface area contributed by atoms with Gasteiger partial charge in [-0.1, -0.05) is 11.6 Å². The molecule has 0 aliphatic carbocycles. The van der Waals surface area contributed by atoms with Gasteiger partial charge in [0.25, 0.3) is 17.4 Å². The van der Waals surface area contributed by atoms with E-state index in [-0.39, 0.29) is 34.2 Å². The monoisotopic (exact) mass is 511 g/mol. The van der Waals surface area contributed by atoms with E-state index in [0.29, 0.717) is 30.9 Å². The number of aryl methyl sites for hydroxylation is 1. The van der Waals surface area contributed by atoms with Crippen LogP contribution in [0.1, 0.15) is 30.5 Å². The highest BCUT2D eigenvalue weighted by Crippen LogP contribution is 2.40. The number of nitrogens with one attached hydrogen (secondary N) is 1. The van der Waals surface area contributed by atoms with E-state index in [2.05, 4.69) is 4.98 Å². The highest BCUT2D eigenvalue weighted by atomic mass is 35.5. The third kappa shape index (κ3) is 4.94. The second kappa shape index (κ2) is 10.6. The number of halogens is 1. The van der Waals surface area contributed by atoms with Gasteiger partial charge >= 0.3 is 0 Å². The van der Waals surface area contributed by atoms with Gasteiger partial charge in [0.15, 0.2) is 0 Å². The first-order valence-corrected chi connectivity index (χ1v) is 11.7. The molecule has 1 aromatic heterocycles. The summed E-state index contributed by atoms with van der Waals surface area (Å²) < 4.78 is 7.33. The molecule has 36 heavy (non-hydrogen) atoms. The van der Waals surface area contributed by atoms with Gasteiger partial charge in [0.1, 0.15) is 23.9 Å².